The molecule has 19 heavy (non-hydrogen) atoms. The average Bonchev–Trinajstić information content (AvgIpc) is 2.72. The van der Waals surface area contributed by atoms with E-state index >= 15 is 0 Å². The highest BCUT2D eigenvalue weighted by Crippen LogP contribution is 2.22. The molecule has 0 aliphatic heterocycles. The Morgan fingerprint density at radius 3 is 2.58 bits per heavy atom. The van der Waals surface area contributed by atoms with E-state index in [0.29, 0.717) is 12.1 Å². The summed E-state index contributed by atoms with van der Waals surface area (Å²) >= 11 is 0. The van der Waals surface area contributed by atoms with Crippen molar-refractivity contribution in [2.24, 2.45) is 0 Å². The van der Waals surface area contributed by atoms with Gasteiger partial charge in [0.15, 0.2) is 11.6 Å². The van der Waals surface area contributed by atoms with E-state index in [-0.39, 0.29) is 11.5 Å². The summed E-state index contributed by atoms with van der Waals surface area (Å²) in [7, 11) is 0. The number of likely N-dealkylation sites (N-methyl/N-ethyl adjacent to an activating group) is 1. The topological polar surface area (TPSA) is 47.1 Å². The Balaban J connectivity index is 2.37. The third-order valence-corrected chi connectivity index (χ3v) is 3.36. The molecule has 6 heteroatoms. The molecule has 2 aromatic rings. The Labute approximate surface area is 110 Å². The number of hydrogen-bond donors (Lipinski definition) is 1. The van der Waals surface area contributed by atoms with Crippen molar-refractivity contribution in [3.05, 3.63) is 23.8 Å². The maximum Gasteiger partial charge on any atom is 0.201 e. The third-order valence-electron chi connectivity index (χ3n) is 3.36. The maximum absolute atomic E-state index is 13.9. The standard InChI is InChI=1S/C13H18F2N4/c1-3-18(4-2)7-8-19-12-10(17-13(19)16)6-5-9(14)11(12)15/h5-6H,3-4,7-8H2,1-2H3,(H2,16,17). The molecule has 0 saturated carbocycles. The number of aromatic nitrogens is 2. The second-order valence-electron chi connectivity index (χ2n) is 4.38. The first kappa shape index (κ1) is 13.7. The molecule has 0 saturated heterocycles. The van der Waals surface area contributed by atoms with Gasteiger partial charge in [-0.15, -0.1) is 0 Å². The van der Waals surface area contributed by atoms with Gasteiger partial charge in [-0.2, -0.15) is 0 Å². The molecule has 1 aromatic carbocycles. The van der Waals surface area contributed by atoms with E-state index in [9.17, 15) is 8.78 Å². The number of nitrogen functional groups attached to an aromatic ring is 1. The number of fused-ring (bicyclic) bond motifs is 1. The van der Waals surface area contributed by atoms with Crippen molar-refractivity contribution in [3.63, 3.8) is 0 Å². The highest BCUT2D eigenvalue weighted by atomic mass is 19.2. The van der Waals surface area contributed by atoms with Crippen LogP contribution in [0.3, 0.4) is 0 Å². The summed E-state index contributed by atoms with van der Waals surface area (Å²) < 4.78 is 28.7. The Morgan fingerprint density at radius 1 is 1.26 bits per heavy atom. The van der Waals surface area contributed by atoms with E-state index in [1.807, 2.05) is 0 Å². The molecular formula is C13H18F2N4. The molecule has 0 radical (unpaired) electrons. The fraction of sp³-hybridized carbons (Fsp3) is 0.462. The summed E-state index contributed by atoms with van der Waals surface area (Å²) in [5, 5.41) is 0. The first-order valence-corrected chi connectivity index (χ1v) is 6.40. The molecular weight excluding hydrogens is 250 g/mol. The van der Waals surface area contributed by atoms with Gasteiger partial charge in [-0.25, -0.2) is 13.8 Å². The first-order chi connectivity index (χ1) is 9.08. The lowest BCUT2D eigenvalue weighted by Gasteiger charge is -2.18. The van der Waals surface area contributed by atoms with Crippen LogP contribution in [0.5, 0.6) is 0 Å². The predicted molar refractivity (Wildman–Crippen MR) is 71.8 cm³/mol. The Morgan fingerprint density at radius 2 is 1.95 bits per heavy atom. The minimum absolute atomic E-state index is 0.143. The Hall–Kier alpha value is -1.69. The van der Waals surface area contributed by atoms with Crippen molar-refractivity contribution in [2.75, 3.05) is 25.4 Å². The summed E-state index contributed by atoms with van der Waals surface area (Å²) in [6, 6.07) is 2.51. The molecule has 1 heterocycles. The third kappa shape index (κ3) is 2.53. The van der Waals surface area contributed by atoms with Gasteiger partial charge in [-0.3, -0.25) is 0 Å². The number of nitrogens with two attached hydrogens (primary N) is 1. The van der Waals surface area contributed by atoms with Crippen molar-refractivity contribution >= 4 is 17.0 Å². The zero-order valence-electron chi connectivity index (χ0n) is 11.2. The van der Waals surface area contributed by atoms with Crippen LogP contribution in [0.15, 0.2) is 12.1 Å². The smallest absolute Gasteiger partial charge is 0.201 e. The lowest BCUT2D eigenvalue weighted by Crippen LogP contribution is -2.27. The number of rotatable bonds is 5. The van der Waals surface area contributed by atoms with Gasteiger partial charge in [0.1, 0.15) is 5.52 Å². The summed E-state index contributed by atoms with van der Waals surface area (Å²) in [5.41, 5.74) is 6.31. The molecule has 0 aliphatic carbocycles. The monoisotopic (exact) mass is 268 g/mol. The maximum atomic E-state index is 13.9. The van der Waals surface area contributed by atoms with Crippen molar-refractivity contribution < 1.29 is 8.78 Å². The molecule has 0 bridgehead atoms. The molecule has 0 spiro atoms. The van der Waals surface area contributed by atoms with Gasteiger partial charge in [0, 0.05) is 13.1 Å². The number of imidazole rings is 1. The van der Waals surface area contributed by atoms with Gasteiger partial charge in [-0.05, 0) is 25.2 Å². The molecule has 0 unspecified atom stereocenters. The number of hydrogen-bond acceptors (Lipinski definition) is 3. The average molecular weight is 268 g/mol. The summed E-state index contributed by atoms with van der Waals surface area (Å²) in [6.07, 6.45) is 0. The minimum Gasteiger partial charge on any atom is -0.369 e. The molecule has 2 N–H and O–H groups in total. The Bertz CT molecular complexity index is 576. The van der Waals surface area contributed by atoms with Crippen LogP contribution >= 0.6 is 0 Å². The molecule has 0 fully saturated rings. The lowest BCUT2D eigenvalue weighted by atomic mass is 10.3. The second kappa shape index (κ2) is 5.52. The number of nitrogens with zero attached hydrogens (tertiary/aromatic N) is 3. The van der Waals surface area contributed by atoms with Gasteiger partial charge >= 0.3 is 0 Å². The van der Waals surface area contributed by atoms with Crippen LogP contribution in [0.1, 0.15) is 13.8 Å². The highest BCUT2D eigenvalue weighted by molar-refractivity contribution is 5.79. The van der Waals surface area contributed by atoms with Crippen LogP contribution in [-0.4, -0.2) is 34.1 Å². The van der Waals surface area contributed by atoms with Crippen molar-refractivity contribution in [1.29, 1.82) is 0 Å². The zero-order chi connectivity index (χ0) is 14.0. The van der Waals surface area contributed by atoms with Crippen molar-refractivity contribution in [2.45, 2.75) is 20.4 Å². The largest absolute Gasteiger partial charge is 0.369 e. The lowest BCUT2D eigenvalue weighted by molar-refractivity contribution is 0.292. The number of benzene rings is 1. The van der Waals surface area contributed by atoms with Crippen LogP contribution in [-0.2, 0) is 6.54 Å². The summed E-state index contributed by atoms with van der Waals surface area (Å²) in [6.45, 7) is 7.13. The fourth-order valence-electron chi connectivity index (χ4n) is 2.18. The van der Waals surface area contributed by atoms with Crippen LogP contribution in [0, 0.1) is 11.6 Å². The molecule has 1 aromatic heterocycles. The van der Waals surface area contributed by atoms with Crippen LogP contribution < -0.4 is 5.73 Å². The molecule has 0 atom stereocenters. The quantitative estimate of drug-likeness (QED) is 0.904. The van der Waals surface area contributed by atoms with Crippen LogP contribution in [0.4, 0.5) is 14.7 Å². The van der Waals surface area contributed by atoms with E-state index in [1.54, 1.807) is 0 Å². The summed E-state index contributed by atoms with van der Waals surface area (Å²) in [5.74, 6) is -1.55. The molecule has 104 valence electrons. The van der Waals surface area contributed by atoms with E-state index in [2.05, 4.69) is 23.7 Å². The molecule has 4 nitrogen and oxygen atoms in total. The number of halogens is 2. The zero-order valence-corrected chi connectivity index (χ0v) is 11.2. The van der Waals surface area contributed by atoms with Gasteiger partial charge < -0.3 is 15.2 Å². The Kier molecular flexibility index (Phi) is 3.99. The van der Waals surface area contributed by atoms with Gasteiger partial charge in [0.25, 0.3) is 0 Å². The van der Waals surface area contributed by atoms with E-state index in [0.717, 1.165) is 25.7 Å². The summed E-state index contributed by atoms with van der Waals surface area (Å²) in [4.78, 5) is 6.24. The van der Waals surface area contributed by atoms with Gasteiger partial charge in [-0.1, -0.05) is 13.8 Å². The van der Waals surface area contributed by atoms with E-state index < -0.39 is 11.6 Å². The number of anilines is 1. The second-order valence-corrected chi connectivity index (χ2v) is 4.38. The highest BCUT2D eigenvalue weighted by Gasteiger charge is 2.16. The molecule has 0 amide bonds. The van der Waals surface area contributed by atoms with Gasteiger partial charge in [0.2, 0.25) is 5.95 Å². The fourth-order valence-corrected chi connectivity index (χ4v) is 2.18. The van der Waals surface area contributed by atoms with E-state index in [4.69, 9.17) is 5.73 Å². The molecule has 2 rings (SSSR count). The van der Waals surface area contributed by atoms with E-state index in [1.165, 1.54) is 10.6 Å². The predicted octanol–water partition coefficient (Wildman–Crippen LogP) is 2.24. The van der Waals surface area contributed by atoms with Crippen LogP contribution in [0.25, 0.3) is 11.0 Å². The van der Waals surface area contributed by atoms with Crippen molar-refractivity contribution in [1.82, 2.24) is 14.5 Å². The van der Waals surface area contributed by atoms with Crippen LogP contribution in [0.2, 0.25) is 0 Å². The molecule has 0 aliphatic rings. The SMILES string of the molecule is CCN(CC)CCn1c(N)nc2ccc(F)c(F)c21. The minimum atomic E-state index is -0.888. The van der Waals surface area contributed by atoms with Gasteiger partial charge in [0.05, 0.1) is 5.52 Å². The van der Waals surface area contributed by atoms with Crippen molar-refractivity contribution in [3.8, 4) is 0 Å². The normalized spacial score (nSPS) is 11.6. The first-order valence-electron chi connectivity index (χ1n) is 6.40.